The zero-order valence-corrected chi connectivity index (χ0v) is 9.32. The maximum absolute atomic E-state index is 8.73. The molecule has 0 saturated heterocycles. The van der Waals surface area contributed by atoms with Crippen LogP contribution in [0.1, 0.15) is 11.4 Å². The average molecular weight is 234 g/mol. The topological polar surface area (TPSA) is 88.8 Å². The standard InChI is InChI=1S/C10H14N6O/c17-5-4-16-8-10(14-15-16)7-11-6-9-2-1-3-12-13-9/h1-3,8,11,17H,4-7H2. The molecule has 0 amide bonds. The largest absolute Gasteiger partial charge is 0.394 e. The molecule has 2 N–H and O–H groups in total. The summed E-state index contributed by atoms with van der Waals surface area (Å²) in [4.78, 5) is 0. The van der Waals surface area contributed by atoms with Crippen LogP contribution < -0.4 is 5.32 Å². The van der Waals surface area contributed by atoms with Gasteiger partial charge in [0.1, 0.15) is 0 Å². The fraction of sp³-hybridized carbons (Fsp3) is 0.400. The van der Waals surface area contributed by atoms with E-state index in [0.29, 0.717) is 19.6 Å². The number of aromatic nitrogens is 5. The number of hydrogen-bond donors (Lipinski definition) is 2. The molecule has 2 aromatic rings. The Labute approximate surface area is 98.5 Å². The molecule has 17 heavy (non-hydrogen) atoms. The van der Waals surface area contributed by atoms with Crippen molar-refractivity contribution in [2.45, 2.75) is 19.6 Å². The highest BCUT2D eigenvalue weighted by Crippen LogP contribution is 1.94. The number of nitrogens with one attached hydrogen (secondary N) is 1. The van der Waals surface area contributed by atoms with Crippen molar-refractivity contribution in [1.29, 1.82) is 0 Å². The number of aliphatic hydroxyl groups excluding tert-OH is 1. The molecule has 0 aliphatic heterocycles. The third kappa shape index (κ3) is 3.58. The summed E-state index contributed by atoms with van der Waals surface area (Å²) in [5, 5.41) is 27.5. The van der Waals surface area contributed by atoms with Gasteiger partial charge in [0.2, 0.25) is 0 Å². The maximum Gasteiger partial charge on any atom is 0.0964 e. The summed E-state index contributed by atoms with van der Waals surface area (Å²) in [5.74, 6) is 0. The van der Waals surface area contributed by atoms with Gasteiger partial charge in [0.15, 0.2) is 0 Å². The van der Waals surface area contributed by atoms with E-state index in [9.17, 15) is 0 Å². The Bertz CT molecular complexity index is 443. The highest BCUT2D eigenvalue weighted by atomic mass is 16.3. The second-order valence-electron chi connectivity index (χ2n) is 3.52. The lowest BCUT2D eigenvalue weighted by molar-refractivity contribution is 0.268. The lowest BCUT2D eigenvalue weighted by Crippen LogP contribution is -2.14. The molecule has 7 nitrogen and oxygen atoms in total. The summed E-state index contributed by atoms with van der Waals surface area (Å²) in [5.41, 5.74) is 1.72. The van der Waals surface area contributed by atoms with Crippen LogP contribution in [0.25, 0.3) is 0 Å². The summed E-state index contributed by atoms with van der Waals surface area (Å²) in [6.45, 7) is 1.79. The Morgan fingerprint density at radius 3 is 2.88 bits per heavy atom. The molecule has 0 fully saturated rings. The number of aliphatic hydroxyl groups is 1. The fourth-order valence-electron chi connectivity index (χ4n) is 1.38. The molecule has 7 heteroatoms. The van der Waals surface area contributed by atoms with E-state index < -0.39 is 0 Å². The van der Waals surface area contributed by atoms with Crippen molar-refractivity contribution in [3.05, 3.63) is 35.9 Å². The van der Waals surface area contributed by atoms with Gasteiger partial charge in [0.05, 0.1) is 24.5 Å². The molecule has 0 unspecified atom stereocenters. The lowest BCUT2D eigenvalue weighted by Gasteiger charge is -2.00. The molecule has 2 rings (SSSR count). The predicted octanol–water partition coefficient (Wildman–Crippen LogP) is -0.650. The van der Waals surface area contributed by atoms with E-state index in [2.05, 4.69) is 25.8 Å². The van der Waals surface area contributed by atoms with Crippen molar-refractivity contribution in [3.63, 3.8) is 0 Å². The molecular weight excluding hydrogens is 220 g/mol. The predicted molar refractivity (Wildman–Crippen MR) is 59.7 cm³/mol. The minimum absolute atomic E-state index is 0.0653. The van der Waals surface area contributed by atoms with Gasteiger partial charge < -0.3 is 10.4 Å². The van der Waals surface area contributed by atoms with E-state index in [4.69, 9.17) is 5.11 Å². The third-order valence-corrected chi connectivity index (χ3v) is 2.15. The van der Waals surface area contributed by atoms with Crippen molar-refractivity contribution >= 4 is 0 Å². The highest BCUT2D eigenvalue weighted by Gasteiger charge is 2.00. The van der Waals surface area contributed by atoms with E-state index in [0.717, 1.165) is 11.4 Å². The van der Waals surface area contributed by atoms with Gasteiger partial charge in [-0.2, -0.15) is 10.2 Å². The molecule has 0 aliphatic carbocycles. The SMILES string of the molecule is OCCn1cc(CNCc2cccnn2)nn1. The monoisotopic (exact) mass is 234 g/mol. The van der Waals surface area contributed by atoms with Crippen LogP contribution in [-0.4, -0.2) is 36.9 Å². The highest BCUT2D eigenvalue weighted by molar-refractivity contribution is 4.99. The second-order valence-corrected chi connectivity index (χ2v) is 3.52. The van der Waals surface area contributed by atoms with Crippen LogP contribution in [0.2, 0.25) is 0 Å². The van der Waals surface area contributed by atoms with Crippen molar-refractivity contribution < 1.29 is 5.11 Å². The second kappa shape index (κ2) is 6.02. The Balaban J connectivity index is 1.78. The Morgan fingerprint density at radius 2 is 2.12 bits per heavy atom. The van der Waals surface area contributed by atoms with Gasteiger partial charge in [0.25, 0.3) is 0 Å². The van der Waals surface area contributed by atoms with E-state index >= 15 is 0 Å². The minimum Gasteiger partial charge on any atom is -0.394 e. The molecular formula is C10H14N6O. The average Bonchev–Trinajstić information content (AvgIpc) is 2.79. The quantitative estimate of drug-likeness (QED) is 0.690. The van der Waals surface area contributed by atoms with Gasteiger partial charge in [-0.1, -0.05) is 5.21 Å². The molecule has 90 valence electrons. The van der Waals surface area contributed by atoms with Crippen molar-refractivity contribution in [1.82, 2.24) is 30.5 Å². The Morgan fingerprint density at radius 1 is 1.24 bits per heavy atom. The Kier molecular flexibility index (Phi) is 4.11. The van der Waals surface area contributed by atoms with E-state index in [1.54, 1.807) is 17.1 Å². The van der Waals surface area contributed by atoms with Gasteiger partial charge in [-0.05, 0) is 12.1 Å². The van der Waals surface area contributed by atoms with Crippen molar-refractivity contribution in [3.8, 4) is 0 Å². The number of hydrogen-bond acceptors (Lipinski definition) is 6. The van der Waals surface area contributed by atoms with Crippen LogP contribution in [0.4, 0.5) is 0 Å². The molecule has 2 aromatic heterocycles. The van der Waals surface area contributed by atoms with Crippen molar-refractivity contribution in [2.75, 3.05) is 6.61 Å². The van der Waals surface area contributed by atoms with Crippen LogP contribution in [0.15, 0.2) is 24.5 Å². The smallest absolute Gasteiger partial charge is 0.0964 e. The Hall–Kier alpha value is -1.86. The van der Waals surface area contributed by atoms with Gasteiger partial charge in [-0.25, -0.2) is 4.68 Å². The summed E-state index contributed by atoms with van der Waals surface area (Å²) >= 11 is 0. The zero-order valence-electron chi connectivity index (χ0n) is 9.32. The number of nitrogens with zero attached hydrogens (tertiary/aromatic N) is 5. The van der Waals surface area contributed by atoms with Crippen LogP contribution >= 0.6 is 0 Å². The van der Waals surface area contributed by atoms with Crippen LogP contribution in [0, 0.1) is 0 Å². The van der Waals surface area contributed by atoms with Crippen LogP contribution in [0.5, 0.6) is 0 Å². The first-order valence-electron chi connectivity index (χ1n) is 5.35. The first-order chi connectivity index (χ1) is 8.38. The van der Waals surface area contributed by atoms with E-state index in [1.807, 2.05) is 12.1 Å². The van der Waals surface area contributed by atoms with Gasteiger partial charge in [-0.15, -0.1) is 5.10 Å². The van der Waals surface area contributed by atoms with Crippen molar-refractivity contribution in [2.24, 2.45) is 0 Å². The van der Waals surface area contributed by atoms with E-state index in [1.165, 1.54) is 0 Å². The van der Waals surface area contributed by atoms with Gasteiger partial charge in [0, 0.05) is 25.5 Å². The summed E-state index contributed by atoms with van der Waals surface area (Å²) in [7, 11) is 0. The normalized spacial score (nSPS) is 10.6. The molecule has 0 aliphatic rings. The first kappa shape index (κ1) is 11.6. The first-order valence-corrected chi connectivity index (χ1v) is 5.35. The molecule has 0 radical (unpaired) electrons. The van der Waals surface area contributed by atoms with Gasteiger partial charge in [-0.3, -0.25) is 0 Å². The third-order valence-electron chi connectivity index (χ3n) is 2.15. The van der Waals surface area contributed by atoms with E-state index in [-0.39, 0.29) is 6.61 Å². The molecule has 0 bridgehead atoms. The molecule has 0 aromatic carbocycles. The molecule has 0 atom stereocenters. The zero-order chi connectivity index (χ0) is 11.9. The molecule has 0 saturated carbocycles. The summed E-state index contributed by atoms with van der Waals surface area (Å²) in [6, 6.07) is 3.75. The molecule has 0 spiro atoms. The minimum atomic E-state index is 0.0653. The lowest BCUT2D eigenvalue weighted by atomic mass is 10.4. The van der Waals surface area contributed by atoms with Crippen LogP contribution in [0.3, 0.4) is 0 Å². The summed E-state index contributed by atoms with van der Waals surface area (Å²) < 4.78 is 1.61. The maximum atomic E-state index is 8.73. The number of rotatable bonds is 6. The molecule has 2 heterocycles. The summed E-state index contributed by atoms with van der Waals surface area (Å²) in [6.07, 6.45) is 3.45. The van der Waals surface area contributed by atoms with Crippen LogP contribution in [-0.2, 0) is 19.6 Å². The van der Waals surface area contributed by atoms with Gasteiger partial charge >= 0.3 is 0 Å². The fourth-order valence-corrected chi connectivity index (χ4v) is 1.38.